The van der Waals surface area contributed by atoms with Crippen LogP contribution in [-0.4, -0.2) is 21.8 Å². The van der Waals surface area contributed by atoms with E-state index in [0.717, 1.165) is 10.9 Å². The van der Waals surface area contributed by atoms with Gasteiger partial charge in [-0.2, -0.15) is 0 Å². The number of nitrogens with two attached hydrogens (primary N) is 1. The molecule has 1 aliphatic rings. The van der Waals surface area contributed by atoms with Crippen molar-refractivity contribution in [1.82, 2.24) is 0 Å². The Morgan fingerprint density at radius 3 is 2.64 bits per heavy atom. The van der Waals surface area contributed by atoms with Crippen molar-refractivity contribution < 1.29 is 5.11 Å². The van der Waals surface area contributed by atoms with Crippen LogP contribution in [0.15, 0.2) is 47.5 Å². The summed E-state index contributed by atoms with van der Waals surface area (Å²) < 4.78 is 0. The molecule has 0 unspecified atom stereocenters. The van der Waals surface area contributed by atoms with E-state index in [4.69, 9.17) is 29.6 Å². The summed E-state index contributed by atoms with van der Waals surface area (Å²) in [6, 6.07) is 14.2. The molecule has 1 fully saturated rings. The van der Waals surface area contributed by atoms with Crippen molar-refractivity contribution in [1.29, 1.82) is 0 Å². The zero-order valence-electron chi connectivity index (χ0n) is 12.0. The van der Waals surface area contributed by atoms with Crippen LogP contribution in [0.1, 0.15) is 18.4 Å². The van der Waals surface area contributed by atoms with Gasteiger partial charge in [0.25, 0.3) is 0 Å². The minimum Gasteiger partial charge on any atom is -0.387 e. The molecule has 0 spiro atoms. The third-order valence-corrected chi connectivity index (χ3v) is 4.89. The summed E-state index contributed by atoms with van der Waals surface area (Å²) in [7, 11) is 0. The lowest BCUT2D eigenvalue weighted by atomic mass is 9.66. The van der Waals surface area contributed by atoms with Crippen molar-refractivity contribution in [3.05, 3.63) is 48.0 Å². The third-order valence-electron chi connectivity index (χ3n) is 4.24. The Hall–Kier alpha value is -1.49. The maximum Gasteiger partial charge on any atom is 0.120 e. The van der Waals surface area contributed by atoms with Crippen molar-refractivity contribution in [2.24, 2.45) is 16.6 Å². The maximum absolute atomic E-state index is 10.8. The molecule has 3 rings (SSSR count). The second kappa shape index (κ2) is 5.95. The summed E-state index contributed by atoms with van der Waals surface area (Å²) in [5, 5.41) is 13.1. The molecule has 0 aromatic heterocycles. The maximum atomic E-state index is 10.8. The third kappa shape index (κ3) is 2.86. The number of thiocarbonyl (C=S) groups is 1. The van der Waals surface area contributed by atoms with Gasteiger partial charge in [0.2, 0.25) is 0 Å². The number of hydrogen-bond acceptors (Lipinski definition) is 2. The van der Waals surface area contributed by atoms with E-state index in [1.54, 1.807) is 0 Å². The SMILES string of the molecule is NC(=NC(=S)CCl)C1CC(O)(c2ccc3ccccc3c2)C1. The van der Waals surface area contributed by atoms with E-state index in [2.05, 4.69) is 11.1 Å². The molecule has 1 saturated carbocycles. The summed E-state index contributed by atoms with van der Waals surface area (Å²) >= 11 is 10.6. The first-order valence-electron chi connectivity index (χ1n) is 7.16. The lowest BCUT2D eigenvalue weighted by molar-refractivity contribution is -0.0594. The van der Waals surface area contributed by atoms with Crippen molar-refractivity contribution in [2.75, 3.05) is 5.88 Å². The molecule has 0 amide bonds. The quantitative estimate of drug-likeness (QED) is 0.392. The predicted octanol–water partition coefficient (Wildman–Crippen LogP) is 3.36. The average molecular weight is 333 g/mol. The average Bonchev–Trinajstić information content (AvgIpc) is 2.51. The first-order valence-corrected chi connectivity index (χ1v) is 8.10. The minimum atomic E-state index is -0.836. The molecular formula is C17H17ClN2OS. The standard InChI is InChI=1S/C17H17ClN2OS/c18-10-15(22)20-16(19)13-8-17(21,9-13)14-6-5-11-3-1-2-4-12(11)7-14/h1-7,13,21H,8-10H2,(H2,19,20,22). The van der Waals surface area contributed by atoms with Gasteiger partial charge in [-0.3, -0.25) is 0 Å². The van der Waals surface area contributed by atoms with Crippen molar-refractivity contribution in [3.63, 3.8) is 0 Å². The summed E-state index contributed by atoms with van der Waals surface area (Å²) in [5.41, 5.74) is 6.03. The molecule has 0 atom stereocenters. The molecule has 0 saturated heterocycles. The van der Waals surface area contributed by atoms with Crippen LogP contribution in [0.25, 0.3) is 10.8 Å². The second-order valence-corrected chi connectivity index (χ2v) is 6.50. The summed E-state index contributed by atoms with van der Waals surface area (Å²) in [6.45, 7) is 0. The van der Waals surface area contributed by atoms with E-state index in [1.165, 1.54) is 5.39 Å². The van der Waals surface area contributed by atoms with Crippen molar-refractivity contribution in [3.8, 4) is 0 Å². The number of benzene rings is 2. The number of amidine groups is 1. The Morgan fingerprint density at radius 2 is 1.95 bits per heavy atom. The molecule has 22 heavy (non-hydrogen) atoms. The highest BCUT2D eigenvalue weighted by Gasteiger charge is 2.45. The first-order chi connectivity index (χ1) is 10.5. The number of aliphatic imine (C=N–C) groups is 1. The second-order valence-electron chi connectivity index (χ2n) is 5.76. The number of halogens is 1. The van der Waals surface area contributed by atoms with Crippen LogP contribution in [0.2, 0.25) is 0 Å². The lowest BCUT2D eigenvalue weighted by Gasteiger charge is -2.43. The van der Waals surface area contributed by atoms with E-state index >= 15 is 0 Å². The molecule has 0 heterocycles. The molecule has 5 heteroatoms. The van der Waals surface area contributed by atoms with Crippen LogP contribution in [0, 0.1) is 5.92 Å². The molecule has 1 aliphatic carbocycles. The van der Waals surface area contributed by atoms with Gasteiger partial charge in [0, 0.05) is 5.92 Å². The van der Waals surface area contributed by atoms with Gasteiger partial charge < -0.3 is 10.8 Å². The zero-order valence-corrected chi connectivity index (χ0v) is 13.6. The van der Waals surface area contributed by atoms with E-state index in [9.17, 15) is 5.11 Å². The van der Waals surface area contributed by atoms with Gasteiger partial charge in [0.1, 0.15) is 10.8 Å². The number of hydrogen-bond donors (Lipinski definition) is 2. The highest BCUT2D eigenvalue weighted by molar-refractivity contribution is 7.80. The molecule has 3 nitrogen and oxygen atoms in total. The molecular weight excluding hydrogens is 316 g/mol. The summed E-state index contributed by atoms with van der Waals surface area (Å²) in [5.74, 6) is 0.714. The van der Waals surface area contributed by atoms with Gasteiger partial charge >= 0.3 is 0 Å². The normalized spacial score (nSPS) is 25.0. The largest absolute Gasteiger partial charge is 0.387 e. The Labute approximate surface area is 139 Å². The highest BCUT2D eigenvalue weighted by atomic mass is 35.5. The van der Waals surface area contributed by atoms with Gasteiger partial charge in [-0.25, -0.2) is 4.99 Å². The van der Waals surface area contributed by atoms with Crippen LogP contribution < -0.4 is 5.73 Å². The molecule has 3 N–H and O–H groups in total. The Morgan fingerprint density at radius 1 is 1.27 bits per heavy atom. The predicted molar refractivity (Wildman–Crippen MR) is 95.5 cm³/mol. The van der Waals surface area contributed by atoms with Crippen LogP contribution in [-0.2, 0) is 5.60 Å². The highest BCUT2D eigenvalue weighted by Crippen LogP contribution is 2.46. The summed E-state index contributed by atoms with van der Waals surface area (Å²) in [4.78, 5) is 4.50. The topological polar surface area (TPSA) is 58.6 Å². The fraction of sp³-hybridized carbons (Fsp3) is 0.294. The van der Waals surface area contributed by atoms with Gasteiger partial charge in [-0.05, 0) is 35.2 Å². The van der Waals surface area contributed by atoms with Crippen LogP contribution in [0.4, 0.5) is 0 Å². The number of alkyl halides is 1. The number of aliphatic hydroxyl groups is 1. The van der Waals surface area contributed by atoms with E-state index < -0.39 is 5.60 Å². The minimum absolute atomic E-state index is 0.0534. The van der Waals surface area contributed by atoms with Gasteiger partial charge in [-0.15, -0.1) is 11.6 Å². The van der Waals surface area contributed by atoms with E-state index in [-0.39, 0.29) is 11.8 Å². The van der Waals surface area contributed by atoms with E-state index in [1.807, 2.05) is 36.4 Å². The first kappa shape index (κ1) is 15.4. The Balaban J connectivity index is 1.78. The number of nitrogens with zero attached hydrogens (tertiary/aromatic N) is 1. The lowest BCUT2D eigenvalue weighted by Crippen LogP contribution is -2.47. The smallest absolute Gasteiger partial charge is 0.120 e. The monoisotopic (exact) mass is 332 g/mol. The molecule has 0 bridgehead atoms. The van der Waals surface area contributed by atoms with Gasteiger partial charge in [0.05, 0.1) is 11.5 Å². The van der Waals surface area contributed by atoms with Crippen LogP contribution in [0.3, 0.4) is 0 Å². The van der Waals surface area contributed by atoms with Crippen LogP contribution in [0.5, 0.6) is 0 Å². The zero-order chi connectivity index (χ0) is 15.7. The molecule has 2 aromatic rings. The molecule has 0 aliphatic heterocycles. The van der Waals surface area contributed by atoms with Gasteiger partial charge in [0.15, 0.2) is 0 Å². The van der Waals surface area contributed by atoms with Crippen molar-refractivity contribution in [2.45, 2.75) is 18.4 Å². The fourth-order valence-corrected chi connectivity index (χ4v) is 3.11. The fourth-order valence-electron chi connectivity index (χ4n) is 2.94. The molecule has 114 valence electrons. The van der Waals surface area contributed by atoms with E-state index in [0.29, 0.717) is 23.7 Å². The van der Waals surface area contributed by atoms with Crippen molar-refractivity contribution >= 4 is 45.4 Å². The Kier molecular flexibility index (Phi) is 4.17. The summed E-state index contributed by atoms with van der Waals surface area (Å²) in [6.07, 6.45) is 1.12. The number of rotatable bonds is 3. The van der Waals surface area contributed by atoms with Gasteiger partial charge in [-0.1, -0.05) is 48.6 Å². The van der Waals surface area contributed by atoms with Crippen LogP contribution >= 0.6 is 23.8 Å². The Bertz CT molecular complexity index is 753. The molecule has 2 aromatic carbocycles. The number of fused-ring (bicyclic) bond motifs is 1. The molecule has 0 radical (unpaired) electrons.